The number of esters is 1. The van der Waals surface area contributed by atoms with E-state index >= 15 is 0 Å². The number of carbonyl (C=O) groups excluding carboxylic acids is 1. The van der Waals surface area contributed by atoms with Crippen molar-refractivity contribution in [3.63, 3.8) is 0 Å². The highest BCUT2D eigenvalue weighted by molar-refractivity contribution is 7.22. The van der Waals surface area contributed by atoms with Crippen molar-refractivity contribution < 1.29 is 23.8 Å². The highest BCUT2D eigenvalue weighted by Gasteiger charge is 2.17. The number of benzene rings is 3. The monoisotopic (exact) mass is 420 g/mol. The van der Waals surface area contributed by atoms with Crippen molar-refractivity contribution in [1.82, 2.24) is 0 Å². The maximum absolute atomic E-state index is 13.4. The van der Waals surface area contributed by atoms with Gasteiger partial charge in [-0.3, -0.25) is 0 Å². The molecule has 1 aromatic heterocycles. The third-order valence-electron chi connectivity index (χ3n) is 4.45. The lowest BCUT2D eigenvalue weighted by Gasteiger charge is -2.09. The Morgan fingerprint density at radius 3 is 2.47 bits per heavy atom. The molecule has 0 saturated carbocycles. The van der Waals surface area contributed by atoms with Crippen LogP contribution in [-0.4, -0.2) is 18.2 Å². The normalized spacial score (nSPS) is 11.1. The lowest BCUT2D eigenvalue weighted by Crippen LogP contribution is -1.93. The van der Waals surface area contributed by atoms with Gasteiger partial charge in [0.15, 0.2) is 5.75 Å². The number of halogens is 1. The second-order valence-corrected chi connectivity index (χ2v) is 7.53. The van der Waals surface area contributed by atoms with E-state index in [1.165, 1.54) is 36.7 Å². The van der Waals surface area contributed by atoms with Crippen LogP contribution in [0.3, 0.4) is 0 Å². The molecule has 0 radical (unpaired) electrons. The molecule has 0 aliphatic heterocycles. The average Bonchev–Trinajstić information content (AvgIpc) is 3.10. The first-order valence-electron chi connectivity index (χ1n) is 9.09. The summed E-state index contributed by atoms with van der Waals surface area (Å²) in [4.78, 5) is 12.1. The Balaban J connectivity index is 1.71. The minimum atomic E-state index is -0.424. The Kier molecular flexibility index (Phi) is 5.50. The van der Waals surface area contributed by atoms with Gasteiger partial charge in [-0.25, -0.2) is 9.18 Å². The zero-order valence-corrected chi connectivity index (χ0v) is 16.8. The van der Waals surface area contributed by atoms with Gasteiger partial charge in [-0.15, -0.1) is 11.3 Å². The van der Waals surface area contributed by atoms with E-state index in [9.17, 15) is 14.3 Å². The number of thiophene rings is 1. The number of aromatic hydroxyl groups is 1. The Morgan fingerprint density at radius 1 is 1.03 bits per heavy atom. The summed E-state index contributed by atoms with van der Waals surface area (Å²) >= 11 is 1.46. The van der Waals surface area contributed by atoms with Crippen LogP contribution in [0.25, 0.3) is 26.6 Å². The van der Waals surface area contributed by atoms with Crippen molar-refractivity contribution in [3.05, 3.63) is 84.2 Å². The van der Waals surface area contributed by atoms with Gasteiger partial charge in [-0.05, 0) is 59.7 Å². The van der Waals surface area contributed by atoms with Gasteiger partial charge in [0.1, 0.15) is 17.3 Å². The van der Waals surface area contributed by atoms with Gasteiger partial charge in [0.25, 0.3) is 0 Å². The van der Waals surface area contributed by atoms with E-state index in [1.807, 2.05) is 12.1 Å². The largest absolute Gasteiger partial charge is 0.508 e. The maximum atomic E-state index is 13.4. The van der Waals surface area contributed by atoms with Crippen LogP contribution < -0.4 is 4.74 Å². The second kappa shape index (κ2) is 8.39. The highest BCUT2D eigenvalue weighted by Crippen LogP contribution is 2.47. The smallest absolute Gasteiger partial charge is 0.330 e. The number of methoxy groups -OCH3 is 1. The van der Waals surface area contributed by atoms with Crippen LogP contribution in [0.2, 0.25) is 0 Å². The van der Waals surface area contributed by atoms with Gasteiger partial charge < -0.3 is 14.6 Å². The predicted molar refractivity (Wildman–Crippen MR) is 116 cm³/mol. The third kappa shape index (κ3) is 4.18. The van der Waals surface area contributed by atoms with Crippen LogP contribution in [0.15, 0.2) is 72.8 Å². The molecule has 1 N–H and O–H groups in total. The van der Waals surface area contributed by atoms with Crippen LogP contribution in [0.1, 0.15) is 5.56 Å². The summed E-state index contributed by atoms with van der Waals surface area (Å²) in [5.41, 5.74) is 1.65. The predicted octanol–water partition coefficient (Wildman–Crippen LogP) is 6.39. The first-order valence-corrected chi connectivity index (χ1v) is 9.90. The van der Waals surface area contributed by atoms with Crippen molar-refractivity contribution >= 4 is 33.5 Å². The van der Waals surface area contributed by atoms with Crippen molar-refractivity contribution in [1.29, 1.82) is 0 Å². The fourth-order valence-corrected chi connectivity index (χ4v) is 4.12. The summed E-state index contributed by atoms with van der Waals surface area (Å²) in [5.74, 6) is 0.686. The van der Waals surface area contributed by atoms with Gasteiger partial charge in [-0.2, -0.15) is 0 Å². The molecular weight excluding hydrogens is 403 g/mol. The van der Waals surface area contributed by atoms with E-state index in [0.29, 0.717) is 11.5 Å². The van der Waals surface area contributed by atoms with Gasteiger partial charge in [0.05, 0.1) is 12.0 Å². The molecule has 0 spiro atoms. The summed E-state index contributed by atoms with van der Waals surface area (Å²) < 4.78 is 25.0. The molecule has 0 unspecified atom stereocenters. The SMILES string of the molecule is COC(=O)C=Cc1ccc(Oc2c(-c3ccc(F)cc3)sc3cc(O)ccc23)cc1. The topological polar surface area (TPSA) is 55.8 Å². The quantitative estimate of drug-likeness (QED) is 0.300. The Labute approximate surface area is 176 Å². The van der Waals surface area contributed by atoms with Gasteiger partial charge in [-0.1, -0.05) is 24.3 Å². The number of carbonyl (C=O) groups is 1. The van der Waals surface area contributed by atoms with Gasteiger partial charge >= 0.3 is 5.97 Å². The molecule has 4 nitrogen and oxygen atoms in total. The maximum Gasteiger partial charge on any atom is 0.330 e. The summed E-state index contributed by atoms with van der Waals surface area (Å²) in [6, 6.07) is 18.6. The zero-order chi connectivity index (χ0) is 21.1. The molecule has 0 aliphatic rings. The molecule has 0 fully saturated rings. The molecule has 3 aromatic carbocycles. The number of fused-ring (bicyclic) bond motifs is 1. The fraction of sp³-hybridized carbons (Fsp3) is 0.0417. The molecule has 4 rings (SSSR count). The van der Waals surface area contributed by atoms with Crippen molar-refractivity contribution in [3.8, 4) is 27.7 Å². The molecule has 4 aromatic rings. The molecular formula is C24H17FO4S. The number of rotatable bonds is 5. The third-order valence-corrected chi connectivity index (χ3v) is 5.63. The Morgan fingerprint density at radius 2 is 1.77 bits per heavy atom. The van der Waals surface area contributed by atoms with Crippen molar-refractivity contribution in [2.75, 3.05) is 7.11 Å². The Hall–Kier alpha value is -3.64. The van der Waals surface area contributed by atoms with Crippen LogP contribution in [0.4, 0.5) is 4.39 Å². The lowest BCUT2D eigenvalue weighted by molar-refractivity contribution is -0.134. The number of ether oxygens (including phenoxy) is 2. The minimum absolute atomic E-state index is 0.169. The molecule has 1 heterocycles. The van der Waals surface area contributed by atoms with Crippen molar-refractivity contribution in [2.24, 2.45) is 0 Å². The van der Waals surface area contributed by atoms with E-state index in [0.717, 1.165) is 26.1 Å². The molecule has 30 heavy (non-hydrogen) atoms. The summed E-state index contributed by atoms with van der Waals surface area (Å²) in [6.07, 6.45) is 3.00. The summed E-state index contributed by atoms with van der Waals surface area (Å²) in [6.45, 7) is 0. The molecule has 0 amide bonds. The molecule has 6 heteroatoms. The highest BCUT2D eigenvalue weighted by atomic mass is 32.1. The lowest BCUT2D eigenvalue weighted by atomic mass is 10.1. The van der Waals surface area contributed by atoms with E-state index in [2.05, 4.69) is 4.74 Å². The van der Waals surface area contributed by atoms with Crippen LogP contribution in [-0.2, 0) is 9.53 Å². The van der Waals surface area contributed by atoms with Gasteiger partial charge in [0, 0.05) is 16.2 Å². The number of phenols is 1. The molecule has 0 atom stereocenters. The molecule has 0 saturated heterocycles. The van der Waals surface area contributed by atoms with Crippen LogP contribution in [0, 0.1) is 5.82 Å². The second-order valence-electron chi connectivity index (χ2n) is 6.48. The fourth-order valence-electron chi connectivity index (χ4n) is 2.95. The molecule has 0 aliphatic carbocycles. The number of hydrogen-bond acceptors (Lipinski definition) is 5. The summed E-state index contributed by atoms with van der Waals surface area (Å²) in [5, 5.41) is 10.7. The van der Waals surface area contributed by atoms with E-state index in [-0.39, 0.29) is 11.6 Å². The van der Waals surface area contributed by atoms with E-state index in [1.54, 1.807) is 48.5 Å². The molecule has 150 valence electrons. The minimum Gasteiger partial charge on any atom is -0.508 e. The first kappa shape index (κ1) is 19.7. The van der Waals surface area contributed by atoms with Crippen LogP contribution >= 0.6 is 11.3 Å². The first-order chi connectivity index (χ1) is 14.5. The molecule has 0 bridgehead atoms. The van der Waals surface area contributed by atoms with E-state index in [4.69, 9.17) is 4.74 Å². The average molecular weight is 420 g/mol. The number of phenolic OH excluding ortho intramolecular Hbond substituents is 1. The zero-order valence-electron chi connectivity index (χ0n) is 16.0. The number of hydrogen-bond donors (Lipinski definition) is 1. The van der Waals surface area contributed by atoms with Gasteiger partial charge in [0.2, 0.25) is 0 Å². The van der Waals surface area contributed by atoms with Crippen molar-refractivity contribution in [2.45, 2.75) is 0 Å². The Bertz CT molecular complexity index is 1220. The van der Waals surface area contributed by atoms with Crippen LogP contribution in [0.5, 0.6) is 17.2 Å². The standard InChI is InChI=1S/C24H17FO4S/c1-28-22(27)13-4-15-2-10-19(11-3-15)29-23-20-12-9-18(26)14-21(20)30-24(23)16-5-7-17(25)8-6-16/h2-14,26H,1H3. The summed E-state index contributed by atoms with van der Waals surface area (Å²) in [7, 11) is 1.33. The van der Waals surface area contributed by atoms with E-state index < -0.39 is 5.97 Å².